The Kier molecular flexibility index (Phi) is 4.66. The van der Waals surface area contributed by atoms with Crippen molar-refractivity contribution in [2.24, 2.45) is 0 Å². The van der Waals surface area contributed by atoms with Crippen LogP contribution in [0.1, 0.15) is 24.1 Å². The first-order chi connectivity index (χ1) is 11.2. The smallest absolute Gasteiger partial charge is 0.243 e. The molecule has 0 saturated carbocycles. The standard InChI is InChI=1S/C18H19N3O2/c22-17-10-9-16(21(17)13-14-6-2-1-3-7-14)18(23)20-12-15-8-4-5-11-19-15/h1-8,11,16H,9-10,12-13H2,(H,20,23). The number of hydrogen-bond donors (Lipinski definition) is 1. The Morgan fingerprint density at radius 3 is 2.70 bits per heavy atom. The Morgan fingerprint density at radius 1 is 1.17 bits per heavy atom. The molecular weight excluding hydrogens is 290 g/mol. The summed E-state index contributed by atoms with van der Waals surface area (Å²) in [6.45, 7) is 0.852. The molecule has 0 radical (unpaired) electrons. The van der Waals surface area contributed by atoms with Crippen LogP contribution in [0.15, 0.2) is 54.7 Å². The lowest BCUT2D eigenvalue weighted by atomic mass is 10.1. The van der Waals surface area contributed by atoms with Crippen molar-refractivity contribution in [2.75, 3.05) is 0 Å². The van der Waals surface area contributed by atoms with Crippen LogP contribution in [0.2, 0.25) is 0 Å². The van der Waals surface area contributed by atoms with E-state index in [1.165, 1.54) is 0 Å². The lowest BCUT2D eigenvalue weighted by Crippen LogP contribution is -2.44. The Labute approximate surface area is 135 Å². The maximum atomic E-state index is 12.4. The Morgan fingerprint density at radius 2 is 1.96 bits per heavy atom. The highest BCUT2D eigenvalue weighted by Gasteiger charge is 2.35. The van der Waals surface area contributed by atoms with Crippen LogP contribution >= 0.6 is 0 Å². The number of carbonyl (C=O) groups excluding carboxylic acids is 2. The number of rotatable bonds is 5. The molecule has 2 aromatic rings. The fourth-order valence-electron chi connectivity index (χ4n) is 2.78. The van der Waals surface area contributed by atoms with E-state index in [2.05, 4.69) is 10.3 Å². The van der Waals surface area contributed by atoms with Crippen molar-refractivity contribution in [3.8, 4) is 0 Å². The number of likely N-dealkylation sites (tertiary alicyclic amines) is 1. The molecule has 1 aliphatic heterocycles. The quantitative estimate of drug-likeness (QED) is 0.917. The van der Waals surface area contributed by atoms with Gasteiger partial charge in [-0.1, -0.05) is 36.4 Å². The third-order valence-electron chi connectivity index (χ3n) is 4.00. The maximum absolute atomic E-state index is 12.4. The van der Waals surface area contributed by atoms with Crippen molar-refractivity contribution < 1.29 is 9.59 Å². The average molecular weight is 309 g/mol. The molecule has 1 N–H and O–H groups in total. The van der Waals surface area contributed by atoms with Gasteiger partial charge in [-0.15, -0.1) is 0 Å². The van der Waals surface area contributed by atoms with Crippen molar-refractivity contribution in [3.05, 3.63) is 66.0 Å². The molecular formula is C18H19N3O2. The van der Waals surface area contributed by atoms with Gasteiger partial charge in [0.2, 0.25) is 11.8 Å². The normalized spacial score (nSPS) is 17.3. The molecule has 23 heavy (non-hydrogen) atoms. The third-order valence-corrected chi connectivity index (χ3v) is 4.00. The summed E-state index contributed by atoms with van der Waals surface area (Å²) in [5.41, 5.74) is 1.84. The molecule has 1 aromatic carbocycles. The summed E-state index contributed by atoms with van der Waals surface area (Å²) in [5.74, 6) is -0.0794. The van der Waals surface area contributed by atoms with Crippen LogP contribution in [0.4, 0.5) is 0 Å². The highest BCUT2D eigenvalue weighted by molar-refractivity contribution is 5.90. The topological polar surface area (TPSA) is 62.3 Å². The van der Waals surface area contributed by atoms with E-state index in [9.17, 15) is 9.59 Å². The van der Waals surface area contributed by atoms with Gasteiger partial charge in [0, 0.05) is 19.2 Å². The van der Waals surface area contributed by atoms with E-state index >= 15 is 0 Å². The first kappa shape index (κ1) is 15.2. The van der Waals surface area contributed by atoms with E-state index < -0.39 is 6.04 Å². The van der Waals surface area contributed by atoms with Crippen molar-refractivity contribution >= 4 is 11.8 Å². The molecule has 1 atom stereocenters. The molecule has 5 heteroatoms. The van der Waals surface area contributed by atoms with Crippen molar-refractivity contribution in [3.63, 3.8) is 0 Å². The van der Waals surface area contributed by atoms with Gasteiger partial charge in [0.25, 0.3) is 0 Å². The zero-order chi connectivity index (χ0) is 16.1. The van der Waals surface area contributed by atoms with Gasteiger partial charge in [0.05, 0.1) is 12.2 Å². The predicted molar refractivity (Wildman–Crippen MR) is 86.1 cm³/mol. The van der Waals surface area contributed by atoms with E-state index in [-0.39, 0.29) is 11.8 Å². The van der Waals surface area contributed by atoms with Gasteiger partial charge in [0.1, 0.15) is 6.04 Å². The second kappa shape index (κ2) is 7.05. The van der Waals surface area contributed by atoms with E-state index in [1.807, 2.05) is 48.5 Å². The molecule has 1 aromatic heterocycles. The SMILES string of the molecule is O=C(NCc1ccccn1)C1CCC(=O)N1Cc1ccccc1. The van der Waals surface area contributed by atoms with Gasteiger partial charge in [-0.05, 0) is 24.1 Å². The number of carbonyl (C=O) groups is 2. The van der Waals surface area contributed by atoms with Crippen LogP contribution in [0, 0.1) is 0 Å². The second-order valence-corrected chi connectivity index (χ2v) is 5.60. The third kappa shape index (κ3) is 3.74. The summed E-state index contributed by atoms with van der Waals surface area (Å²) < 4.78 is 0. The van der Waals surface area contributed by atoms with Crippen LogP contribution in [0.25, 0.3) is 0 Å². The van der Waals surface area contributed by atoms with Crippen LogP contribution in [-0.2, 0) is 22.7 Å². The van der Waals surface area contributed by atoms with Crippen LogP contribution in [-0.4, -0.2) is 27.7 Å². The lowest BCUT2D eigenvalue weighted by molar-refractivity contribution is -0.135. The number of amides is 2. The monoisotopic (exact) mass is 309 g/mol. The van der Waals surface area contributed by atoms with Gasteiger partial charge < -0.3 is 10.2 Å². The molecule has 3 rings (SSSR count). The molecule has 118 valence electrons. The van der Waals surface area contributed by atoms with Crippen molar-refractivity contribution in [1.29, 1.82) is 0 Å². The number of aromatic nitrogens is 1. The van der Waals surface area contributed by atoms with Gasteiger partial charge in [-0.2, -0.15) is 0 Å². The molecule has 1 unspecified atom stereocenters. The zero-order valence-electron chi connectivity index (χ0n) is 12.8. The van der Waals surface area contributed by atoms with Crippen molar-refractivity contribution in [2.45, 2.75) is 32.0 Å². The van der Waals surface area contributed by atoms with E-state index in [4.69, 9.17) is 0 Å². The Hall–Kier alpha value is -2.69. The van der Waals surface area contributed by atoms with Gasteiger partial charge in [-0.3, -0.25) is 14.6 Å². The summed E-state index contributed by atoms with van der Waals surface area (Å²) in [6.07, 6.45) is 2.69. The minimum Gasteiger partial charge on any atom is -0.349 e. The number of pyridine rings is 1. The molecule has 2 heterocycles. The summed E-state index contributed by atoms with van der Waals surface area (Å²) in [7, 11) is 0. The summed E-state index contributed by atoms with van der Waals surface area (Å²) >= 11 is 0. The predicted octanol–water partition coefficient (Wildman–Crippen LogP) is 1.89. The molecule has 1 fully saturated rings. The Balaban J connectivity index is 1.63. The second-order valence-electron chi connectivity index (χ2n) is 5.60. The number of benzene rings is 1. The van der Waals surface area contributed by atoms with Crippen molar-refractivity contribution in [1.82, 2.24) is 15.2 Å². The van der Waals surface area contributed by atoms with Gasteiger partial charge >= 0.3 is 0 Å². The summed E-state index contributed by atoms with van der Waals surface area (Å²) in [6, 6.07) is 14.9. The minimum absolute atomic E-state index is 0.0341. The van der Waals surface area contributed by atoms with Gasteiger partial charge in [0.15, 0.2) is 0 Å². The first-order valence-corrected chi connectivity index (χ1v) is 7.75. The molecule has 0 spiro atoms. The number of hydrogen-bond acceptors (Lipinski definition) is 3. The van der Waals surface area contributed by atoms with Gasteiger partial charge in [-0.25, -0.2) is 0 Å². The highest BCUT2D eigenvalue weighted by Crippen LogP contribution is 2.21. The van der Waals surface area contributed by atoms with E-state index in [0.717, 1.165) is 11.3 Å². The zero-order valence-corrected chi connectivity index (χ0v) is 12.8. The molecule has 2 amide bonds. The number of nitrogens with one attached hydrogen (secondary N) is 1. The number of nitrogens with zero attached hydrogens (tertiary/aromatic N) is 2. The minimum atomic E-state index is -0.397. The summed E-state index contributed by atoms with van der Waals surface area (Å²) in [4.78, 5) is 30.4. The molecule has 5 nitrogen and oxygen atoms in total. The molecule has 1 aliphatic rings. The van der Waals surface area contributed by atoms with Crippen LogP contribution in [0.3, 0.4) is 0 Å². The van der Waals surface area contributed by atoms with Crippen LogP contribution < -0.4 is 5.32 Å². The van der Waals surface area contributed by atoms with E-state index in [0.29, 0.717) is 25.9 Å². The molecule has 1 saturated heterocycles. The molecule has 0 bridgehead atoms. The highest BCUT2D eigenvalue weighted by atomic mass is 16.2. The fraction of sp³-hybridized carbons (Fsp3) is 0.278. The maximum Gasteiger partial charge on any atom is 0.243 e. The first-order valence-electron chi connectivity index (χ1n) is 7.75. The lowest BCUT2D eigenvalue weighted by Gasteiger charge is -2.24. The Bertz CT molecular complexity index is 673. The fourth-order valence-corrected chi connectivity index (χ4v) is 2.78. The molecule has 0 aliphatic carbocycles. The summed E-state index contributed by atoms with van der Waals surface area (Å²) in [5, 5.41) is 2.88. The largest absolute Gasteiger partial charge is 0.349 e. The average Bonchev–Trinajstić information content (AvgIpc) is 2.95. The van der Waals surface area contributed by atoms with E-state index in [1.54, 1.807) is 11.1 Å². The van der Waals surface area contributed by atoms with Crippen LogP contribution in [0.5, 0.6) is 0 Å².